The van der Waals surface area contributed by atoms with Crippen molar-refractivity contribution in [2.75, 3.05) is 11.9 Å². The molecule has 2 aromatic rings. The van der Waals surface area contributed by atoms with Gasteiger partial charge in [0.05, 0.1) is 5.02 Å². The molecule has 0 bridgehead atoms. The summed E-state index contributed by atoms with van der Waals surface area (Å²) in [7, 11) is 0. The smallest absolute Gasteiger partial charge is 0.130 e. The van der Waals surface area contributed by atoms with Crippen molar-refractivity contribution in [1.82, 2.24) is 10.3 Å². The van der Waals surface area contributed by atoms with Gasteiger partial charge in [0.15, 0.2) is 0 Å². The lowest BCUT2D eigenvalue weighted by molar-refractivity contribution is 0.645. The van der Waals surface area contributed by atoms with Gasteiger partial charge in [0.1, 0.15) is 5.82 Å². The molecule has 2 N–H and O–H groups in total. The second-order valence-corrected chi connectivity index (χ2v) is 4.79. The van der Waals surface area contributed by atoms with Crippen LogP contribution in [0.5, 0.6) is 0 Å². The van der Waals surface area contributed by atoms with Crippen LogP contribution in [0.15, 0.2) is 36.5 Å². The molecule has 0 saturated carbocycles. The number of hydrogen-bond acceptors (Lipinski definition) is 3. The van der Waals surface area contributed by atoms with Crippen molar-refractivity contribution in [3.05, 3.63) is 52.7 Å². The number of anilines is 2. The van der Waals surface area contributed by atoms with E-state index < -0.39 is 0 Å². The molecule has 0 aliphatic carbocycles. The molecule has 0 fully saturated rings. The summed E-state index contributed by atoms with van der Waals surface area (Å²) in [5.74, 6) is 0.825. The summed E-state index contributed by atoms with van der Waals surface area (Å²) in [4.78, 5) is 4.26. The van der Waals surface area contributed by atoms with Gasteiger partial charge >= 0.3 is 0 Å². The minimum absolute atomic E-state index is 0.653. The van der Waals surface area contributed by atoms with Crippen LogP contribution in [0.4, 0.5) is 11.5 Å². The molecule has 0 saturated heterocycles. The summed E-state index contributed by atoms with van der Waals surface area (Å²) in [6.45, 7) is 1.97. The highest BCUT2D eigenvalue weighted by Gasteiger charge is 2.12. The summed E-state index contributed by atoms with van der Waals surface area (Å²) >= 11 is 5.83. The predicted octanol–water partition coefficient (Wildman–Crippen LogP) is 3.12. The van der Waals surface area contributed by atoms with Gasteiger partial charge < -0.3 is 10.6 Å². The lowest BCUT2D eigenvalue weighted by Crippen LogP contribution is -2.24. The Kier molecular flexibility index (Phi) is 3.17. The molecular weight excluding hydrogens is 246 g/mol. The average molecular weight is 260 g/mol. The second-order valence-electron chi connectivity index (χ2n) is 4.36. The van der Waals surface area contributed by atoms with Gasteiger partial charge in [0, 0.05) is 18.4 Å². The first kappa shape index (κ1) is 11.5. The van der Waals surface area contributed by atoms with Crippen LogP contribution in [0.3, 0.4) is 0 Å². The van der Waals surface area contributed by atoms with Gasteiger partial charge in [0.2, 0.25) is 0 Å². The van der Waals surface area contributed by atoms with Crippen LogP contribution in [0, 0.1) is 0 Å². The lowest BCUT2D eigenvalue weighted by Gasteiger charge is -2.20. The van der Waals surface area contributed by atoms with E-state index in [0.29, 0.717) is 5.02 Å². The average Bonchev–Trinajstić information content (AvgIpc) is 2.42. The number of nitrogens with zero attached hydrogens (tertiary/aromatic N) is 1. The standard InChI is InChI=1S/C14H14ClN3/c15-11-4-5-14(17-9-11)18-13-3-1-2-10-8-16-7-6-12(10)13/h1-5,9,16H,6-8H2,(H,17,18). The zero-order valence-electron chi connectivity index (χ0n) is 9.91. The molecule has 92 valence electrons. The van der Waals surface area contributed by atoms with E-state index in [4.69, 9.17) is 11.6 Å². The maximum atomic E-state index is 5.83. The van der Waals surface area contributed by atoms with Crippen LogP contribution >= 0.6 is 11.6 Å². The van der Waals surface area contributed by atoms with Gasteiger partial charge in [-0.1, -0.05) is 23.7 Å². The molecular formula is C14H14ClN3. The molecule has 0 atom stereocenters. The summed E-state index contributed by atoms with van der Waals surface area (Å²) in [6, 6.07) is 10.1. The van der Waals surface area contributed by atoms with E-state index in [2.05, 4.69) is 33.8 Å². The van der Waals surface area contributed by atoms with Crippen molar-refractivity contribution in [3.8, 4) is 0 Å². The topological polar surface area (TPSA) is 37.0 Å². The van der Waals surface area contributed by atoms with E-state index in [-0.39, 0.29) is 0 Å². The molecule has 1 aliphatic heterocycles. The number of aromatic nitrogens is 1. The molecule has 1 aliphatic rings. The van der Waals surface area contributed by atoms with Gasteiger partial charge in [-0.3, -0.25) is 0 Å². The molecule has 0 unspecified atom stereocenters. The van der Waals surface area contributed by atoms with Crippen molar-refractivity contribution in [2.45, 2.75) is 13.0 Å². The Morgan fingerprint density at radius 2 is 2.17 bits per heavy atom. The van der Waals surface area contributed by atoms with Gasteiger partial charge in [-0.2, -0.15) is 0 Å². The summed E-state index contributed by atoms with van der Waals surface area (Å²) < 4.78 is 0. The monoisotopic (exact) mass is 259 g/mol. The van der Waals surface area contributed by atoms with Crippen LogP contribution in [0.25, 0.3) is 0 Å². The first-order valence-corrected chi connectivity index (χ1v) is 6.41. The van der Waals surface area contributed by atoms with Crippen molar-refractivity contribution in [2.24, 2.45) is 0 Å². The van der Waals surface area contributed by atoms with Crippen LogP contribution < -0.4 is 10.6 Å². The zero-order chi connectivity index (χ0) is 12.4. The Balaban J connectivity index is 1.90. The maximum Gasteiger partial charge on any atom is 0.130 e. The number of fused-ring (bicyclic) bond motifs is 1. The third kappa shape index (κ3) is 2.33. The van der Waals surface area contributed by atoms with Crippen LogP contribution in [-0.4, -0.2) is 11.5 Å². The Bertz CT molecular complexity index is 551. The maximum absolute atomic E-state index is 5.83. The van der Waals surface area contributed by atoms with Crippen LogP contribution in [-0.2, 0) is 13.0 Å². The predicted molar refractivity (Wildman–Crippen MR) is 74.4 cm³/mol. The fourth-order valence-corrected chi connectivity index (χ4v) is 2.35. The zero-order valence-corrected chi connectivity index (χ0v) is 10.7. The summed E-state index contributed by atoms with van der Waals surface area (Å²) in [5.41, 5.74) is 3.89. The highest BCUT2D eigenvalue weighted by atomic mass is 35.5. The minimum atomic E-state index is 0.653. The van der Waals surface area contributed by atoms with E-state index in [1.54, 1.807) is 6.20 Å². The quantitative estimate of drug-likeness (QED) is 0.870. The largest absolute Gasteiger partial charge is 0.340 e. The first-order chi connectivity index (χ1) is 8.83. The third-order valence-corrected chi connectivity index (χ3v) is 3.35. The van der Waals surface area contributed by atoms with E-state index in [9.17, 15) is 0 Å². The highest BCUT2D eigenvalue weighted by Crippen LogP contribution is 2.25. The fraction of sp³-hybridized carbons (Fsp3) is 0.214. The number of benzene rings is 1. The van der Waals surface area contributed by atoms with Gasteiger partial charge in [-0.25, -0.2) is 4.98 Å². The Morgan fingerprint density at radius 1 is 1.22 bits per heavy atom. The number of nitrogens with one attached hydrogen (secondary N) is 2. The molecule has 3 nitrogen and oxygen atoms in total. The number of pyridine rings is 1. The van der Waals surface area contributed by atoms with Gasteiger partial charge in [-0.05, 0) is 42.3 Å². The van der Waals surface area contributed by atoms with Crippen molar-refractivity contribution in [3.63, 3.8) is 0 Å². The number of hydrogen-bond donors (Lipinski definition) is 2. The molecule has 0 amide bonds. The lowest BCUT2D eigenvalue weighted by atomic mass is 9.99. The second kappa shape index (κ2) is 4.96. The van der Waals surface area contributed by atoms with Crippen molar-refractivity contribution in [1.29, 1.82) is 0 Å². The Morgan fingerprint density at radius 3 is 3.00 bits per heavy atom. The first-order valence-electron chi connectivity index (χ1n) is 6.03. The normalized spacial score (nSPS) is 14.1. The SMILES string of the molecule is Clc1ccc(Nc2cccc3c2CCNC3)nc1. The minimum Gasteiger partial charge on any atom is -0.340 e. The highest BCUT2D eigenvalue weighted by molar-refractivity contribution is 6.30. The summed E-state index contributed by atoms with van der Waals surface area (Å²) in [6.07, 6.45) is 2.70. The number of rotatable bonds is 2. The molecule has 3 rings (SSSR count). The molecule has 1 aromatic carbocycles. The van der Waals surface area contributed by atoms with Crippen LogP contribution in [0.2, 0.25) is 5.02 Å². The van der Waals surface area contributed by atoms with E-state index in [0.717, 1.165) is 31.0 Å². The third-order valence-electron chi connectivity index (χ3n) is 3.13. The van der Waals surface area contributed by atoms with Crippen molar-refractivity contribution >= 4 is 23.1 Å². The fourth-order valence-electron chi connectivity index (χ4n) is 2.24. The van der Waals surface area contributed by atoms with Gasteiger partial charge in [0.25, 0.3) is 0 Å². The molecule has 18 heavy (non-hydrogen) atoms. The Hall–Kier alpha value is -1.58. The molecule has 4 heteroatoms. The van der Waals surface area contributed by atoms with Crippen LogP contribution in [0.1, 0.15) is 11.1 Å². The van der Waals surface area contributed by atoms with E-state index in [1.807, 2.05) is 12.1 Å². The number of halogens is 1. The molecule has 0 radical (unpaired) electrons. The van der Waals surface area contributed by atoms with Crippen molar-refractivity contribution < 1.29 is 0 Å². The molecule has 1 aromatic heterocycles. The Labute approximate surface area is 111 Å². The summed E-state index contributed by atoms with van der Waals surface area (Å²) in [5, 5.41) is 7.39. The molecule has 2 heterocycles. The molecule has 0 spiro atoms. The van der Waals surface area contributed by atoms with E-state index in [1.165, 1.54) is 11.1 Å². The van der Waals surface area contributed by atoms with Gasteiger partial charge in [-0.15, -0.1) is 0 Å². The van der Waals surface area contributed by atoms with E-state index >= 15 is 0 Å².